The predicted molar refractivity (Wildman–Crippen MR) is 75.2 cm³/mol. The number of ether oxygens (including phenoxy) is 1. The lowest BCUT2D eigenvalue weighted by atomic mass is 10.1. The van der Waals surface area contributed by atoms with Gasteiger partial charge in [-0.15, -0.1) is 0 Å². The van der Waals surface area contributed by atoms with E-state index in [0.29, 0.717) is 6.07 Å². The molecule has 0 radical (unpaired) electrons. The number of alkyl halides is 3. The van der Waals surface area contributed by atoms with Gasteiger partial charge in [0.25, 0.3) is 0 Å². The SMILES string of the molecule is CN1CCC(NC(=O)OCc2ccc(F)cc2C(F)(F)F)CC1. The van der Waals surface area contributed by atoms with Gasteiger partial charge in [0.1, 0.15) is 12.4 Å². The molecule has 1 aliphatic heterocycles. The van der Waals surface area contributed by atoms with E-state index in [-0.39, 0.29) is 11.6 Å². The Morgan fingerprint density at radius 1 is 1.35 bits per heavy atom. The van der Waals surface area contributed by atoms with Crippen LogP contribution >= 0.6 is 0 Å². The Morgan fingerprint density at radius 2 is 2.00 bits per heavy atom. The highest BCUT2D eigenvalue weighted by Crippen LogP contribution is 2.32. The van der Waals surface area contributed by atoms with E-state index in [0.717, 1.165) is 38.1 Å². The number of carbonyl (C=O) groups is 1. The summed E-state index contributed by atoms with van der Waals surface area (Å²) >= 11 is 0. The van der Waals surface area contributed by atoms with Crippen molar-refractivity contribution in [3.05, 3.63) is 35.1 Å². The second-order valence-electron chi connectivity index (χ2n) is 5.60. The number of amides is 1. The zero-order chi connectivity index (χ0) is 17.0. The van der Waals surface area contributed by atoms with Crippen LogP contribution in [0, 0.1) is 5.82 Å². The van der Waals surface area contributed by atoms with Gasteiger partial charge in [-0.05, 0) is 45.1 Å². The Morgan fingerprint density at radius 3 is 2.61 bits per heavy atom. The number of rotatable bonds is 3. The summed E-state index contributed by atoms with van der Waals surface area (Å²) in [6.07, 6.45) is -3.95. The molecule has 1 amide bonds. The van der Waals surface area contributed by atoms with E-state index in [4.69, 9.17) is 4.74 Å². The van der Waals surface area contributed by atoms with Crippen molar-refractivity contribution < 1.29 is 27.1 Å². The van der Waals surface area contributed by atoms with Crippen LogP contribution in [-0.2, 0) is 17.5 Å². The largest absolute Gasteiger partial charge is 0.445 e. The van der Waals surface area contributed by atoms with Gasteiger partial charge in [0.05, 0.1) is 5.56 Å². The molecule has 1 aliphatic rings. The molecule has 0 spiro atoms. The molecule has 0 aliphatic carbocycles. The molecule has 1 heterocycles. The third-order valence-corrected chi connectivity index (χ3v) is 3.78. The Balaban J connectivity index is 1.92. The summed E-state index contributed by atoms with van der Waals surface area (Å²) < 4.78 is 56.3. The van der Waals surface area contributed by atoms with Crippen molar-refractivity contribution in [3.63, 3.8) is 0 Å². The quantitative estimate of drug-likeness (QED) is 0.864. The lowest BCUT2D eigenvalue weighted by molar-refractivity contribution is -0.138. The van der Waals surface area contributed by atoms with Crippen LogP contribution in [0.25, 0.3) is 0 Å². The van der Waals surface area contributed by atoms with Gasteiger partial charge in [0.15, 0.2) is 0 Å². The maximum absolute atomic E-state index is 13.0. The summed E-state index contributed by atoms with van der Waals surface area (Å²) in [5.41, 5.74) is -1.41. The fourth-order valence-electron chi connectivity index (χ4n) is 2.44. The minimum Gasteiger partial charge on any atom is -0.445 e. The van der Waals surface area contributed by atoms with E-state index >= 15 is 0 Å². The number of benzene rings is 1. The standard InChI is InChI=1S/C15H18F4N2O2/c1-21-6-4-12(5-7-21)20-14(22)23-9-10-2-3-11(16)8-13(10)15(17,18)19/h2-3,8,12H,4-7,9H2,1H3,(H,20,22). The van der Waals surface area contributed by atoms with Crippen LogP contribution in [0.2, 0.25) is 0 Å². The normalized spacial score (nSPS) is 17.1. The minimum absolute atomic E-state index is 0.0472. The summed E-state index contributed by atoms with van der Waals surface area (Å²) in [6, 6.07) is 2.23. The van der Waals surface area contributed by atoms with E-state index < -0.39 is 30.3 Å². The van der Waals surface area contributed by atoms with Crippen LogP contribution in [0.5, 0.6) is 0 Å². The van der Waals surface area contributed by atoms with Crippen molar-refractivity contribution in [2.45, 2.75) is 31.7 Å². The molecule has 0 saturated carbocycles. The number of hydrogen-bond acceptors (Lipinski definition) is 3. The van der Waals surface area contributed by atoms with Crippen molar-refractivity contribution in [2.75, 3.05) is 20.1 Å². The molecule has 1 aromatic rings. The topological polar surface area (TPSA) is 41.6 Å². The van der Waals surface area contributed by atoms with E-state index in [9.17, 15) is 22.4 Å². The van der Waals surface area contributed by atoms with Crippen molar-refractivity contribution in [1.82, 2.24) is 10.2 Å². The van der Waals surface area contributed by atoms with Gasteiger partial charge in [-0.1, -0.05) is 6.07 Å². The zero-order valence-corrected chi connectivity index (χ0v) is 12.6. The summed E-state index contributed by atoms with van der Waals surface area (Å²) in [7, 11) is 1.97. The first kappa shape index (κ1) is 17.5. The van der Waals surface area contributed by atoms with Crippen LogP contribution < -0.4 is 5.32 Å². The summed E-state index contributed by atoms with van der Waals surface area (Å²) in [5.74, 6) is -0.989. The minimum atomic E-state index is -4.70. The Bertz CT molecular complexity index is 555. The summed E-state index contributed by atoms with van der Waals surface area (Å²) in [6.45, 7) is 1.11. The maximum atomic E-state index is 13.0. The van der Waals surface area contributed by atoms with Gasteiger partial charge in [-0.3, -0.25) is 0 Å². The maximum Gasteiger partial charge on any atom is 0.416 e. The first-order chi connectivity index (χ1) is 10.8. The molecule has 1 aromatic carbocycles. The van der Waals surface area contributed by atoms with Crippen molar-refractivity contribution >= 4 is 6.09 Å². The van der Waals surface area contributed by atoms with Crippen molar-refractivity contribution in [1.29, 1.82) is 0 Å². The molecular formula is C15H18F4N2O2. The smallest absolute Gasteiger partial charge is 0.416 e. The van der Waals surface area contributed by atoms with E-state index in [1.165, 1.54) is 0 Å². The van der Waals surface area contributed by atoms with Gasteiger partial charge in [0, 0.05) is 11.6 Å². The number of piperidine rings is 1. The van der Waals surface area contributed by atoms with Crippen LogP contribution in [-0.4, -0.2) is 37.2 Å². The zero-order valence-electron chi connectivity index (χ0n) is 12.6. The average Bonchev–Trinajstić information content (AvgIpc) is 2.47. The first-order valence-corrected chi connectivity index (χ1v) is 7.23. The van der Waals surface area contributed by atoms with E-state index in [1.54, 1.807) is 0 Å². The first-order valence-electron chi connectivity index (χ1n) is 7.23. The Hall–Kier alpha value is -1.83. The van der Waals surface area contributed by atoms with Gasteiger partial charge in [-0.2, -0.15) is 13.2 Å². The fraction of sp³-hybridized carbons (Fsp3) is 0.533. The van der Waals surface area contributed by atoms with Gasteiger partial charge >= 0.3 is 12.3 Å². The number of nitrogens with zero attached hydrogens (tertiary/aromatic N) is 1. The molecule has 0 bridgehead atoms. The van der Waals surface area contributed by atoms with Crippen molar-refractivity contribution in [2.24, 2.45) is 0 Å². The summed E-state index contributed by atoms with van der Waals surface area (Å²) in [4.78, 5) is 13.8. The number of alkyl carbamates (subject to hydrolysis) is 1. The molecule has 2 rings (SSSR count). The number of halogens is 4. The third kappa shape index (κ3) is 5.09. The molecule has 4 nitrogen and oxygen atoms in total. The van der Waals surface area contributed by atoms with Gasteiger partial charge in [-0.25, -0.2) is 9.18 Å². The lowest BCUT2D eigenvalue weighted by Gasteiger charge is -2.29. The molecule has 23 heavy (non-hydrogen) atoms. The van der Waals surface area contributed by atoms with Crippen LogP contribution in [0.3, 0.4) is 0 Å². The Labute approximate surface area is 131 Å². The third-order valence-electron chi connectivity index (χ3n) is 3.78. The molecular weight excluding hydrogens is 316 g/mol. The molecule has 0 aromatic heterocycles. The fourth-order valence-corrected chi connectivity index (χ4v) is 2.44. The average molecular weight is 334 g/mol. The monoisotopic (exact) mass is 334 g/mol. The highest BCUT2D eigenvalue weighted by atomic mass is 19.4. The van der Waals surface area contributed by atoms with E-state index in [1.807, 2.05) is 7.05 Å². The number of hydrogen-bond donors (Lipinski definition) is 1. The molecule has 0 atom stereocenters. The highest BCUT2D eigenvalue weighted by molar-refractivity contribution is 5.67. The number of carbonyl (C=O) groups excluding carboxylic acids is 1. The van der Waals surface area contributed by atoms with Crippen LogP contribution in [0.1, 0.15) is 24.0 Å². The van der Waals surface area contributed by atoms with Crippen molar-refractivity contribution in [3.8, 4) is 0 Å². The predicted octanol–water partition coefficient (Wildman–Crippen LogP) is 3.16. The van der Waals surface area contributed by atoms with Gasteiger partial charge < -0.3 is 15.0 Å². The molecule has 1 N–H and O–H groups in total. The molecule has 1 fully saturated rings. The second-order valence-corrected chi connectivity index (χ2v) is 5.60. The molecule has 1 saturated heterocycles. The molecule has 8 heteroatoms. The number of likely N-dealkylation sites (tertiary alicyclic amines) is 1. The Kier molecular flexibility index (Phi) is 5.46. The second kappa shape index (κ2) is 7.16. The van der Waals surface area contributed by atoms with E-state index in [2.05, 4.69) is 10.2 Å². The van der Waals surface area contributed by atoms with Gasteiger partial charge in [0.2, 0.25) is 0 Å². The van der Waals surface area contributed by atoms with Crippen LogP contribution in [0.15, 0.2) is 18.2 Å². The molecule has 128 valence electrons. The summed E-state index contributed by atoms with van der Waals surface area (Å²) in [5, 5.41) is 2.64. The lowest BCUT2D eigenvalue weighted by Crippen LogP contribution is -2.43. The van der Waals surface area contributed by atoms with Crippen LogP contribution in [0.4, 0.5) is 22.4 Å². The molecule has 0 unspecified atom stereocenters. The number of nitrogens with one attached hydrogen (secondary N) is 1. The highest BCUT2D eigenvalue weighted by Gasteiger charge is 2.34.